The SMILES string of the molecule is Cc1cc(C(=O)N2C[C@@H]3CN(C(=O)c4cnon4)C[C@@H]3[C@H]2c2ccccc2)c(C)o1. The van der Waals surface area contributed by atoms with Crippen LogP contribution in [0.25, 0.3) is 0 Å². The Morgan fingerprint density at radius 3 is 2.53 bits per heavy atom. The van der Waals surface area contributed by atoms with Crippen LogP contribution in [0.5, 0.6) is 0 Å². The molecule has 5 rings (SSSR count). The van der Waals surface area contributed by atoms with Crippen molar-refractivity contribution in [1.29, 1.82) is 0 Å². The summed E-state index contributed by atoms with van der Waals surface area (Å²) in [5.74, 6) is 1.49. The molecule has 2 amide bonds. The number of aromatic nitrogens is 2. The molecular formula is C22H22N4O4. The maximum atomic E-state index is 13.5. The van der Waals surface area contributed by atoms with Crippen molar-refractivity contribution in [3.63, 3.8) is 0 Å². The Hall–Kier alpha value is -3.42. The average Bonchev–Trinajstić information content (AvgIpc) is 3.51. The minimum atomic E-state index is -0.184. The first-order valence-electron chi connectivity index (χ1n) is 10.0. The molecule has 0 unspecified atom stereocenters. The molecule has 0 spiro atoms. The van der Waals surface area contributed by atoms with E-state index in [-0.39, 0.29) is 35.4 Å². The number of fused-ring (bicyclic) bond motifs is 1. The predicted octanol–water partition coefficient (Wildman–Crippen LogP) is 2.86. The normalized spacial score (nSPS) is 23.1. The zero-order valence-corrected chi connectivity index (χ0v) is 16.8. The number of hydrogen-bond donors (Lipinski definition) is 0. The van der Waals surface area contributed by atoms with Crippen LogP contribution >= 0.6 is 0 Å². The van der Waals surface area contributed by atoms with Gasteiger partial charge in [0.05, 0.1) is 11.6 Å². The number of likely N-dealkylation sites (tertiary alicyclic amines) is 2. The summed E-state index contributed by atoms with van der Waals surface area (Å²) < 4.78 is 10.2. The monoisotopic (exact) mass is 406 g/mol. The van der Waals surface area contributed by atoms with Gasteiger partial charge in [0.25, 0.3) is 11.8 Å². The van der Waals surface area contributed by atoms with E-state index in [4.69, 9.17) is 4.42 Å². The molecule has 0 N–H and O–H groups in total. The van der Waals surface area contributed by atoms with E-state index in [1.54, 1.807) is 11.0 Å². The molecular weight excluding hydrogens is 384 g/mol. The fraction of sp³-hybridized carbons (Fsp3) is 0.364. The zero-order chi connectivity index (χ0) is 20.8. The number of hydrogen-bond acceptors (Lipinski definition) is 6. The van der Waals surface area contributed by atoms with Crippen LogP contribution in [0.15, 0.2) is 51.6 Å². The molecule has 154 valence electrons. The van der Waals surface area contributed by atoms with Crippen molar-refractivity contribution in [3.05, 3.63) is 70.9 Å². The molecule has 2 saturated heterocycles. The molecule has 4 heterocycles. The van der Waals surface area contributed by atoms with Gasteiger partial charge in [-0.1, -0.05) is 35.5 Å². The number of amides is 2. The highest BCUT2D eigenvalue weighted by Gasteiger charge is 2.50. The van der Waals surface area contributed by atoms with Crippen molar-refractivity contribution in [3.8, 4) is 0 Å². The third-order valence-corrected chi connectivity index (χ3v) is 6.21. The minimum absolute atomic E-state index is 0.0221. The molecule has 8 heteroatoms. The summed E-state index contributed by atoms with van der Waals surface area (Å²) in [5.41, 5.74) is 1.90. The number of furan rings is 1. The molecule has 2 aliphatic rings. The maximum Gasteiger partial charge on any atom is 0.277 e. The average molecular weight is 406 g/mol. The molecule has 0 bridgehead atoms. The molecule has 1 aromatic carbocycles. The Morgan fingerprint density at radius 2 is 1.87 bits per heavy atom. The van der Waals surface area contributed by atoms with Gasteiger partial charge in [0.1, 0.15) is 17.7 Å². The highest BCUT2D eigenvalue weighted by atomic mass is 16.6. The largest absolute Gasteiger partial charge is 0.466 e. The van der Waals surface area contributed by atoms with E-state index >= 15 is 0 Å². The molecule has 3 atom stereocenters. The summed E-state index contributed by atoms with van der Waals surface area (Å²) in [5, 5.41) is 7.21. The van der Waals surface area contributed by atoms with Crippen LogP contribution in [0.4, 0.5) is 0 Å². The highest BCUT2D eigenvalue weighted by Crippen LogP contribution is 2.46. The molecule has 0 radical (unpaired) electrons. The quantitative estimate of drug-likeness (QED) is 0.664. The fourth-order valence-electron chi connectivity index (χ4n) is 4.92. The van der Waals surface area contributed by atoms with Gasteiger partial charge in [0.2, 0.25) is 0 Å². The van der Waals surface area contributed by atoms with Crippen molar-refractivity contribution in [2.75, 3.05) is 19.6 Å². The van der Waals surface area contributed by atoms with E-state index in [9.17, 15) is 9.59 Å². The standard InChI is InChI=1S/C22H22N4O4/c1-13-8-17(14(2)29-13)21(27)26-11-16-10-25(22(28)19-9-23-30-24-19)12-18(16)20(26)15-6-4-3-5-7-15/h3-9,16,18,20H,10-12H2,1-2H3/t16-,18-,20+/m0/s1. The Kier molecular flexibility index (Phi) is 4.42. The van der Waals surface area contributed by atoms with Gasteiger partial charge in [-0.2, -0.15) is 0 Å². The summed E-state index contributed by atoms with van der Waals surface area (Å²) >= 11 is 0. The Bertz CT molecular complexity index is 1080. The van der Waals surface area contributed by atoms with Crippen LogP contribution in [0, 0.1) is 25.7 Å². The van der Waals surface area contributed by atoms with Gasteiger partial charge < -0.3 is 14.2 Å². The summed E-state index contributed by atoms with van der Waals surface area (Å²) in [4.78, 5) is 29.9. The van der Waals surface area contributed by atoms with Crippen molar-refractivity contribution in [2.45, 2.75) is 19.9 Å². The first kappa shape index (κ1) is 18.6. The van der Waals surface area contributed by atoms with E-state index in [1.807, 2.05) is 49.1 Å². The Labute approximate surface area is 173 Å². The molecule has 8 nitrogen and oxygen atoms in total. The number of rotatable bonds is 3. The van der Waals surface area contributed by atoms with Crippen LogP contribution in [0.2, 0.25) is 0 Å². The van der Waals surface area contributed by atoms with Gasteiger partial charge in [-0.25, -0.2) is 4.63 Å². The lowest BCUT2D eigenvalue weighted by molar-refractivity contribution is 0.0672. The molecule has 2 aromatic heterocycles. The van der Waals surface area contributed by atoms with Gasteiger partial charge in [-0.3, -0.25) is 9.59 Å². The van der Waals surface area contributed by atoms with E-state index in [0.29, 0.717) is 31.0 Å². The second-order valence-corrected chi connectivity index (χ2v) is 8.07. The van der Waals surface area contributed by atoms with Crippen molar-refractivity contribution >= 4 is 11.8 Å². The zero-order valence-electron chi connectivity index (χ0n) is 16.8. The van der Waals surface area contributed by atoms with Gasteiger partial charge in [0.15, 0.2) is 5.69 Å². The number of aryl methyl sites for hydroxylation is 2. The maximum absolute atomic E-state index is 13.5. The van der Waals surface area contributed by atoms with E-state index in [0.717, 1.165) is 11.3 Å². The lowest BCUT2D eigenvalue weighted by Gasteiger charge is -2.29. The molecule has 30 heavy (non-hydrogen) atoms. The number of carbonyl (C=O) groups is 2. The fourth-order valence-corrected chi connectivity index (χ4v) is 4.92. The predicted molar refractivity (Wildman–Crippen MR) is 106 cm³/mol. The van der Waals surface area contributed by atoms with E-state index in [1.165, 1.54) is 6.20 Å². The van der Waals surface area contributed by atoms with Gasteiger partial charge in [0, 0.05) is 31.5 Å². The third-order valence-electron chi connectivity index (χ3n) is 6.21. The smallest absolute Gasteiger partial charge is 0.277 e. The molecule has 0 saturated carbocycles. The lowest BCUT2D eigenvalue weighted by atomic mass is 9.89. The van der Waals surface area contributed by atoms with Crippen LogP contribution in [0.1, 0.15) is 44.0 Å². The van der Waals surface area contributed by atoms with E-state index in [2.05, 4.69) is 14.9 Å². The van der Waals surface area contributed by atoms with Gasteiger partial charge in [-0.15, -0.1) is 0 Å². The second kappa shape index (κ2) is 7.12. The molecule has 3 aromatic rings. The van der Waals surface area contributed by atoms with Crippen LogP contribution < -0.4 is 0 Å². The summed E-state index contributed by atoms with van der Waals surface area (Å²) in [6.07, 6.45) is 1.34. The van der Waals surface area contributed by atoms with Crippen LogP contribution in [0.3, 0.4) is 0 Å². The molecule has 0 aliphatic carbocycles. The Balaban J connectivity index is 1.46. The van der Waals surface area contributed by atoms with Crippen LogP contribution in [-0.4, -0.2) is 51.6 Å². The molecule has 2 fully saturated rings. The van der Waals surface area contributed by atoms with E-state index < -0.39 is 0 Å². The highest BCUT2D eigenvalue weighted by molar-refractivity contribution is 5.96. The molecule has 2 aliphatic heterocycles. The van der Waals surface area contributed by atoms with Gasteiger partial charge >= 0.3 is 0 Å². The van der Waals surface area contributed by atoms with Gasteiger partial charge in [-0.05, 0) is 30.6 Å². The lowest BCUT2D eigenvalue weighted by Crippen LogP contribution is -2.37. The summed E-state index contributed by atoms with van der Waals surface area (Å²) in [7, 11) is 0. The Morgan fingerprint density at radius 1 is 1.07 bits per heavy atom. The first-order chi connectivity index (χ1) is 14.5. The van der Waals surface area contributed by atoms with Crippen molar-refractivity contribution in [2.24, 2.45) is 11.8 Å². The second-order valence-electron chi connectivity index (χ2n) is 8.07. The van der Waals surface area contributed by atoms with Crippen molar-refractivity contribution in [1.82, 2.24) is 20.1 Å². The number of nitrogens with zero attached hydrogens (tertiary/aromatic N) is 4. The number of carbonyl (C=O) groups excluding carboxylic acids is 2. The third kappa shape index (κ3) is 2.99. The van der Waals surface area contributed by atoms with Crippen molar-refractivity contribution < 1.29 is 18.6 Å². The van der Waals surface area contributed by atoms with Crippen LogP contribution in [-0.2, 0) is 0 Å². The first-order valence-corrected chi connectivity index (χ1v) is 10.0. The topological polar surface area (TPSA) is 92.7 Å². The summed E-state index contributed by atoms with van der Waals surface area (Å²) in [6, 6.07) is 11.7. The number of benzene rings is 1. The minimum Gasteiger partial charge on any atom is -0.466 e. The summed E-state index contributed by atoms with van der Waals surface area (Å²) in [6.45, 7) is 5.39.